The first-order chi connectivity index (χ1) is 14.6. The predicted octanol–water partition coefficient (Wildman–Crippen LogP) is 4.11. The van der Waals surface area contributed by atoms with Crippen LogP contribution >= 0.6 is 0 Å². The van der Waals surface area contributed by atoms with E-state index in [0.717, 1.165) is 51.6 Å². The van der Waals surface area contributed by atoms with Crippen LogP contribution in [0.2, 0.25) is 0 Å². The highest BCUT2D eigenvalue weighted by atomic mass is 19.3. The van der Waals surface area contributed by atoms with E-state index in [1.54, 1.807) is 0 Å². The zero-order chi connectivity index (χ0) is 23.0. The highest BCUT2D eigenvalue weighted by Gasteiger charge is 2.38. The number of hydrogen-bond donors (Lipinski definition) is 0. The summed E-state index contributed by atoms with van der Waals surface area (Å²) in [5, 5.41) is 0. The van der Waals surface area contributed by atoms with E-state index in [9.17, 15) is 8.78 Å². The Balaban J connectivity index is 0.000000166. The second kappa shape index (κ2) is 12.8. The van der Waals surface area contributed by atoms with Crippen LogP contribution in [0.1, 0.15) is 67.2 Å². The van der Waals surface area contributed by atoms with Gasteiger partial charge in [-0.1, -0.05) is 0 Å². The maximum Gasteiger partial charge on any atom is 0.250 e. The summed E-state index contributed by atoms with van der Waals surface area (Å²) in [6.45, 7) is 20.2. The third kappa shape index (κ3) is 8.84. The van der Waals surface area contributed by atoms with E-state index >= 15 is 0 Å². The van der Waals surface area contributed by atoms with Crippen LogP contribution in [0, 0.1) is 0 Å². The summed E-state index contributed by atoms with van der Waals surface area (Å²) in [6.07, 6.45) is 2.77. The zero-order valence-corrected chi connectivity index (χ0v) is 20.8. The van der Waals surface area contributed by atoms with Crippen molar-refractivity contribution in [3.8, 4) is 0 Å². The maximum absolute atomic E-state index is 12.6. The number of alkyl halides is 2. The molecule has 2 atom stereocenters. The number of fused-ring (bicyclic) bond motifs is 2. The first kappa shape index (κ1) is 26.9. The van der Waals surface area contributed by atoms with Gasteiger partial charge in [0.15, 0.2) is 0 Å². The molecule has 4 fully saturated rings. The molecule has 4 aliphatic rings. The van der Waals surface area contributed by atoms with Gasteiger partial charge in [0, 0.05) is 69.2 Å². The lowest BCUT2D eigenvalue weighted by Gasteiger charge is -2.37. The van der Waals surface area contributed by atoms with Crippen molar-refractivity contribution in [3.63, 3.8) is 0 Å². The molecule has 4 aliphatic heterocycles. The van der Waals surface area contributed by atoms with Crippen LogP contribution in [0.4, 0.5) is 8.78 Å². The SMILES string of the molecule is CC(C)N1C2CCC1COC2.CC(C)N1CCC(F)(F)CC1.CC(C)N1CCOCC1. The molecule has 31 heavy (non-hydrogen) atoms. The number of piperidine rings is 1. The molecular formula is C24H47F2N3O2. The second-order valence-electron chi connectivity index (χ2n) is 10.2. The van der Waals surface area contributed by atoms with Gasteiger partial charge in [0.1, 0.15) is 0 Å². The molecule has 2 bridgehead atoms. The summed E-state index contributed by atoms with van der Waals surface area (Å²) in [5.41, 5.74) is 0. The molecule has 0 saturated carbocycles. The third-order valence-corrected chi connectivity index (χ3v) is 6.93. The molecule has 0 spiro atoms. The summed E-state index contributed by atoms with van der Waals surface area (Å²) in [4.78, 5) is 7.16. The van der Waals surface area contributed by atoms with E-state index in [0.29, 0.717) is 31.2 Å². The molecule has 0 radical (unpaired) electrons. The predicted molar refractivity (Wildman–Crippen MR) is 123 cm³/mol. The molecule has 0 aromatic carbocycles. The Kier molecular flexibility index (Phi) is 11.1. The Morgan fingerprint density at radius 2 is 1.13 bits per heavy atom. The van der Waals surface area contributed by atoms with Crippen molar-refractivity contribution in [2.75, 3.05) is 52.6 Å². The highest BCUT2D eigenvalue weighted by Crippen LogP contribution is 2.30. The van der Waals surface area contributed by atoms with Crippen LogP contribution in [0.5, 0.6) is 0 Å². The molecule has 4 heterocycles. The normalized spacial score (nSPS) is 29.5. The van der Waals surface area contributed by atoms with Crippen LogP contribution in [0.3, 0.4) is 0 Å². The van der Waals surface area contributed by atoms with Crippen molar-refractivity contribution in [3.05, 3.63) is 0 Å². The number of likely N-dealkylation sites (tertiary alicyclic amines) is 1. The molecule has 0 aliphatic carbocycles. The summed E-state index contributed by atoms with van der Waals surface area (Å²) in [7, 11) is 0. The van der Waals surface area contributed by atoms with E-state index in [1.807, 2.05) is 13.8 Å². The van der Waals surface area contributed by atoms with Gasteiger partial charge in [-0.3, -0.25) is 9.80 Å². The Hall–Kier alpha value is -0.340. The summed E-state index contributed by atoms with van der Waals surface area (Å²) < 4.78 is 35.9. The van der Waals surface area contributed by atoms with Crippen LogP contribution in [-0.4, -0.2) is 103 Å². The van der Waals surface area contributed by atoms with Crippen molar-refractivity contribution in [1.82, 2.24) is 14.7 Å². The van der Waals surface area contributed by atoms with Crippen molar-refractivity contribution in [1.29, 1.82) is 0 Å². The lowest BCUT2D eigenvalue weighted by Crippen LogP contribution is -2.49. The number of nitrogens with zero attached hydrogens (tertiary/aromatic N) is 3. The minimum Gasteiger partial charge on any atom is -0.379 e. The van der Waals surface area contributed by atoms with Gasteiger partial charge in [-0.05, 0) is 54.4 Å². The van der Waals surface area contributed by atoms with Crippen LogP contribution in [0.15, 0.2) is 0 Å². The molecule has 5 nitrogen and oxygen atoms in total. The monoisotopic (exact) mass is 447 g/mol. The molecule has 0 aromatic heterocycles. The molecule has 0 N–H and O–H groups in total. The Bertz CT molecular complexity index is 473. The van der Waals surface area contributed by atoms with E-state index in [-0.39, 0.29) is 12.8 Å². The molecule has 4 rings (SSSR count). The first-order valence-electron chi connectivity index (χ1n) is 12.4. The van der Waals surface area contributed by atoms with Gasteiger partial charge < -0.3 is 14.4 Å². The number of halogens is 2. The molecule has 0 amide bonds. The minimum absolute atomic E-state index is 0.0329. The largest absolute Gasteiger partial charge is 0.379 e. The molecule has 184 valence electrons. The van der Waals surface area contributed by atoms with Gasteiger partial charge in [0.2, 0.25) is 0 Å². The topological polar surface area (TPSA) is 28.2 Å². The highest BCUT2D eigenvalue weighted by molar-refractivity contribution is 4.92. The number of hydrogen-bond acceptors (Lipinski definition) is 5. The summed E-state index contributed by atoms with van der Waals surface area (Å²) >= 11 is 0. The lowest BCUT2D eigenvalue weighted by atomic mass is 10.1. The van der Waals surface area contributed by atoms with Crippen molar-refractivity contribution in [2.24, 2.45) is 0 Å². The Labute approximate surface area is 189 Å². The van der Waals surface area contributed by atoms with Gasteiger partial charge in [-0.25, -0.2) is 8.78 Å². The quantitative estimate of drug-likeness (QED) is 0.649. The number of rotatable bonds is 3. The van der Waals surface area contributed by atoms with E-state index < -0.39 is 5.92 Å². The summed E-state index contributed by atoms with van der Waals surface area (Å²) in [6, 6.07) is 3.26. The van der Waals surface area contributed by atoms with Gasteiger partial charge in [0.25, 0.3) is 5.92 Å². The lowest BCUT2D eigenvalue weighted by molar-refractivity contribution is -0.0603. The third-order valence-electron chi connectivity index (χ3n) is 6.93. The zero-order valence-electron chi connectivity index (χ0n) is 20.8. The van der Waals surface area contributed by atoms with Crippen molar-refractivity contribution < 1.29 is 18.3 Å². The van der Waals surface area contributed by atoms with Gasteiger partial charge in [0.05, 0.1) is 26.4 Å². The summed E-state index contributed by atoms with van der Waals surface area (Å²) in [5.74, 6) is -2.40. The van der Waals surface area contributed by atoms with Gasteiger partial charge >= 0.3 is 0 Å². The average Bonchev–Trinajstić information content (AvgIpc) is 2.99. The van der Waals surface area contributed by atoms with Gasteiger partial charge in [-0.15, -0.1) is 0 Å². The number of ether oxygens (including phenoxy) is 2. The van der Waals surface area contributed by atoms with Crippen LogP contribution < -0.4 is 0 Å². The Morgan fingerprint density at radius 1 is 0.677 bits per heavy atom. The van der Waals surface area contributed by atoms with E-state index in [4.69, 9.17) is 9.47 Å². The molecule has 0 aromatic rings. The standard InChI is InChI=1S/C9H17NO.C8H15F2N.C7H15NO/c1-7(2)10-8-3-4-9(10)6-11-5-8;1-7(2)11-5-3-8(9,10)4-6-11;1-7(2)8-3-5-9-6-4-8/h7-9H,3-6H2,1-2H3;7H,3-6H2,1-2H3;7H,3-6H2,1-2H3. The van der Waals surface area contributed by atoms with Gasteiger partial charge in [-0.2, -0.15) is 0 Å². The molecular weight excluding hydrogens is 400 g/mol. The Morgan fingerprint density at radius 3 is 1.48 bits per heavy atom. The van der Waals surface area contributed by atoms with E-state index in [2.05, 4.69) is 42.4 Å². The van der Waals surface area contributed by atoms with Crippen LogP contribution in [-0.2, 0) is 9.47 Å². The van der Waals surface area contributed by atoms with E-state index in [1.165, 1.54) is 12.8 Å². The second-order valence-corrected chi connectivity index (χ2v) is 10.2. The fourth-order valence-electron chi connectivity index (χ4n) is 4.96. The molecule has 4 saturated heterocycles. The first-order valence-corrected chi connectivity index (χ1v) is 12.4. The average molecular weight is 448 g/mol. The minimum atomic E-state index is -2.40. The molecule has 2 unspecified atom stereocenters. The molecule has 7 heteroatoms. The maximum atomic E-state index is 12.6. The smallest absolute Gasteiger partial charge is 0.250 e. The number of morpholine rings is 2. The van der Waals surface area contributed by atoms with Crippen molar-refractivity contribution in [2.45, 2.75) is 103 Å². The van der Waals surface area contributed by atoms with Crippen molar-refractivity contribution >= 4 is 0 Å². The fourth-order valence-corrected chi connectivity index (χ4v) is 4.96. The fraction of sp³-hybridized carbons (Fsp3) is 1.00. The van der Waals surface area contributed by atoms with Crippen LogP contribution in [0.25, 0.3) is 0 Å².